The van der Waals surface area contributed by atoms with Crippen LogP contribution >= 0.6 is 0 Å². The van der Waals surface area contributed by atoms with Crippen LogP contribution in [0.5, 0.6) is 0 Å². The summed E-state index contributed by atoms with van der Waals surface area (Å²) in [6, 6.07) is -0.819. The van der Waals surface area contributed by atoms with Gasteiger partial charge in [-0.25, -0.2) is 0 Å². The maximum absolute atomic E-state index is 12.9. The molecule has 14 heteroatoms. The minimum absolute atomic E-state index is 0.221. The second kappa shape index (κ2) is 41.5. The van der Waals surface area contributed by atoms with Gasteiger partial charge in [0.15, 0.2) is 12.6 Å². The van der Waals surface area contributed by atoms with Crippen LogP contribution in [-0.4, -0.2) is 140 Å². The fraction of sp³-hybridized carbons (Fsp3) is 0.981. The van der Waals surface area contributed by atoms with Crippen molar-refractivity contribution >= 4 is 5.91 Å². The van der Waals surface area contributed by atoms with Crippen molar-refractivity contribution in [1.29, 1.82) is 0 Å². The van der Waals surface area contributed by atoms with Crippen molar-refractivity contribution < 1.29 is 64.6 Å². The second-order valence-electron chi connectivity index (χ2n) is 20.4. The molecule has 0 aromatic rings. The minimum Gasteiger partial charge on any atom is -0.394 e. The number of rotatable bonds is 45. The van der Waals surface area contributed by atoms with E-state index in [0.29, 0.717) is 19.3 Å². The predicted octanol–water partition coefficient (Wildman–Crippen LogP) is 8.56. The third-order valence-corrected chi connectivity index (χ3v) is 14.3. The fourth-order valence-corrected chi connectivity index (χ4v) is 9.71. The molecule has 68 heavy (non-hydrogen) atoms. The minimum atomic E-state index is -1.78. The molecule has 0 aromatic heterocycles. The van der Waals surface area contributed by atoms with E-state index in [4.69, 9.17) is 18.9 Å². The highest BCUT2D eigenvalue weighted by Gasteiger charge is 2.51. The first-order valence-corrected chi connectivity index (χ1v) is 28.3. The summed E-state index contributed by atoms with van der Waals surface area (Å²) in [7, 11) is 0. The Morgan fingerprint density at radius 1 is 0.471 bits per heavy atom. The van der Waals surface area contributed by atoms with Gasteiger partial charge in [-0.3, -0.25) is 4.79 Å². The van der Waals surface area contributed by atoms with Crippen molar-refractivity contribution in [2.75, 3.05) is 19.8 Å². The number of aliphatic hydroxyl groups excluding tert-OH is 8. The molecule has 2 saturated heterocycles. The second-order valence-corrected chi connectivity index (χ2v) is 20.4. The molecule has 0 radical (unpaired) electrons. The lowest BCUT2D eigenvalue weighted by molar-refractivity contribution is -0.359. The van der Waals surface area contributed by atoms with Crippen LogP contribution in [0.2, 0.25) is 0 Å². The third-order valence-electron chi connectivity index (χ3n) is 14.3. The lowest BCUT2D eigenvalue weighted by Gasteiger charge is -2.46. The van der Waals surface area contributed by atoms with Gasteiger partial charge in [0.25, 0.3) is 0 Å². The maximum Gasteiger partial charge on any atom is 0.220 e. The molecular formula is C54H105NO13. The summed E-state index contributed by atoms with van der Waals surface area (Å²) in [5, 5.41) is 86.5. The number of unbranched alkanes of at least 4 members (excludes halogenated alkanes) is 32. The van der Waals surface area contributed by atoms with Crippen LogP contribution in [-0.2, 0) is 23.7 Å². The normalized spacial score (nSPS) is 26.3. The molecule has 14 nitrogen and oxygen atoms in total. The largest absolute Gasteiger partial charge is 0.394 e. The van der Waals surface area contributed by atoms with E-state index in [9.17, 15) is 45.6 Å². The van der Waals surface area contributed by atoms with Crippen LogP contribution in [0.1, 0.15) is 245 Å². The highest BCUT2D eigenvalue weighted by Crippen LogP contribution is 2.30. The highest BCUT2D eigenvalue weighted by atomic mass is 16.7. The first-order valence-electron chi connectivity index (χ1n) is 28.3. The number of carbonyl (C=O) groups excluding carboxylic acids is 1. The van der Waals surface area contributed by atoms with E-state index in [1.807, 2.05) is 0 Å². The summed E-state index contributed by atoms with van der Waals surface area (Å²) in [6.07, 6.45) is 27.9. The van der Waals surface area contributed by atoms with Gasteiger partial charge >= 0.3 is 0 Å². The van der Waals surface area contributed by atoms with E-state index in [1.165, 1.54) is 167 Å². The van der Waals surface area contributed by atoms with Gasteiger partial charge in [-0.1, -0.05) is 226 Å². The zero-order chi connectivity index (χ0) is 49.6. The summed E-state index contributed by atoms with van der Waals surface area (Å²) < 4.78 is 22.6. The van der Waals surface area contributed by atoms with Gasteiger partial charge in [-0.2, -0.15) is 0 Å². The molecule has 2 aliphatic heterocycles. The maximum atomic E-state index is 12.9. The molecule has 0 aromatic carbocycles. The average molecular weight is 976 g/mol. The van der Waals surface area contributed by atoms with Crippen molar-refractivity contribution in [2.45, 2.75) is 319 Å². The van der Waals surface area contributed by atoms with Gasteiger partial charge < -0.3 is 65.1 Å². The van der Waals surface area contributed by atoms with Gasteiger partial charge in [0.1, 0.15) is 48.8 Å². The summed E-state index contributed by atoms with van der Waals surface area (Å²) in [5.41, 5.74) is 0. The molecule has 2 fully saturated rings. The molecule has 0 bridgehead atoms. The van der Waals surface area contributed by atoms with Gasteiger partial charge in [-0.05, 0) is 12.8 Å². The van der Waals surface area contributed by atoms with Crippen LogP contribution in [0, 0.1) is 0 Å². The monoisotopic (exact) mass is 976 g/mol. The van der Waals surface area contributed by atoms with Crippen LogP contribution in [0.4, 0.5) is 0 Å². The number of nitrogens with one attached hydrogen (secondary N) is 1. The Morgan fingerprint density at radius 2 is 0.838 bits per heavy atom. The molecule has 2 heterocycles. The lowest BCUT2D eigenvalue weighted by atomic mass is 9.97. The number of carbonyl (C=O) groups is 1. The van der Waals surface area contributed by atoms with Gasteiger partial charge in [0.2, 0.25) is 5.91 Å². The van der Waals surface area contributed by atoms with Gasteiger partial charge in [-0.15, -0.1) is 0 Å². The summed E-state index contributed by atoms with van der Waals surface area (Å²) in [5.74, 6) is -0.221. The molecular weight excluding hydrogens is 871 g/mol. The zero-order valence-electron chi connectivity index (χ0n) is 43.1. The quantitative estimate of drug-likeness (QED) is 0.0261. The summed E-state index contributed by atoms with van der Waals surface area (Å²) in [6.45, 7) is 2.74. The Bertz CT molecular complexity index is 1150. The van der Waals surface area contributed by atoms with Crippen LogP contribution in [0.3, 0.4) is 0 Å². The van der Waals surface area contributed by atoms with Gasteiger partial charge in [0.05, 0.1) is 32.0 Å². The van der Waals surface area contributed by atoms with E-state index in [0.717, 1.165) is 44.9 Å². The number of ether oxygens (including phenoxy) is 4. The van der Waals surface area contributed by atoms with Crippen molar-refractivity contribution in [1.82, 2.24) is 5.32 Å². The van der Waals surface area contributed by atoms with Crippen molar-refractivity contribution in [3.05, 3.63) is 0 Å². The van der Waals surface area contributed by atoms with Crippen LogP contribution in [0.25, 0.3) is 0 Å². The molecule has 404 valence electrons. The topological polar surface area (TPSA) is 228 Å². The molecule has 0 aliphatic carbocycles. The molecule has 0 saturated carbocycles. The SMILES string of the molecule is CCCCCCCCCCCCCCCCCCCCCCCCCCCCCCCCC(O)C(COC1OC(CO)C(OC2OC(CO)C(O)C(O)C2O)C(O)C1O)NC(=O)CCCCCC. The molecule has 0 spiro atoms. The smallest absolute Gasteiger partial charge is 0.220 e. The average Bonchev–Trinajstić information content (AvgIpc) is 3.34. The van der Waals surface area contributed by atoms with E-state index >= 15 is 0 Å². The third kappa shape index (κ3) is 27.7. The van der Waals surface area contributed by atoms with E-state index in [-0.39, 0.29) is 12.5 Å². The molecule has 9 N–H and O–H groups in total. The van der Waals surface area contributed by atoms with Gasteiger partial charge in [0, 0.05) is 6.42 Å². The van der Waals surface area contributed by atoms with Crippen molar-refractivity contribution in [2.24, 2.45) is 0 Å². The number of aliphatic hydroxyl groups is 8. The van der Waals surface area contributed by atoms with Crippen LogP contribution in [0.15, 0.2) is 0 Å². The summed E-state index contributed by atoms with van der Waals surface area (Å²) in [4.78, 5) is 12.9. The Labute approximate surface area is 413 Å². The molecule has 1 amide bonds. The van der Waals surface area contributed by atoms with E-state index < -0.39 is 86.8 Å². The van der Waals surface area contributed by atoms with Crippen LogP contribution < -0.4 is 5.32 Å². The van der Waals surface area contributed by atoms with Crippen molar-refractivity contribution in [3.8, 4) is 0 Å². The first-order chi connectivity index (χ1) is 33.1. The van der Waals surface area contributed by atoms with Crippen molar-refractivity contribution in [3.63, 3.8) is 0 Å². The highest BCUT2D eigenvalue weighted by molar-refractivity contribution is 5.76. The Balaban J connectivity index is 1.56. The number of hydrogen-bond donors (Lipinski definition) is 9. The van der Waals surface area contributed by atoms with E-state index in [1.54, 1.807) is 0 Å². The first kappa shape index (κ1) is 63.1. The number of hydrogen-bond acceptors (Lipinski definition) is 13. The molecule has 2 rings (SSSR count). The summed E-state index contributed by atoms with van der Waals surface area (Å²) >= 11 is 0. The van der Waals surface area contributed by atoms with E-state index in [2.05, 4.69) is 19.2 Å². The lowest BCUT2D eigenvalue weighted by Crippen LogP contribution is -2.65. The Hall–Kier alpha value is -1.01. The number of amides is 1. The molecule has 12 atom stereocenters. The standard InChI is InChI=1S/C54H105NO13/c1-3-5-7-9-10-11-12-13-14-15-16-17-18-19-20-21-22-23-24-25-26-27-28-29-30-31-32-33-34-35-37-43(58)42(55-46(59)38-36-8-6-4-2)41-65-53-51(64)49(62)52(45(40-57)67-53)68-54-50(63)48(61)47(60)44(39-56)66-54/h42-45,47-54,56-58,60-64H,3-41H2,1-2H3,(H,55,59). The fourth-order valence-electron chi connectivity index (χ4n) is 9.71. The molecule has 2 aliphatic rings. The Morgan fingerprint density at radius 3 is 1.25 bits per heavy atom. The Kier molecular flexibility index (Phi) is 38.5. The zero-order valence-corrected chi connectivity index (χ0v) is 43.1. The molecule has 12 unspecified atom stereocenters. The predicted molar refractivity (Wildman–Crippen MR) is 268 cm³/mol.